The minimum Gasteiger partial charge on any atom is -0.314 e. The molecule has 70 valence electrons. The highest BCUT2D eigenvalue weighted by Crippen LogP contribution is 2.22. The lowest BCUT2D eigenvalue weighted by Crippen LogP contribution is -2.47. The lowest BCUT2D eigenvalue weighted by atomic mass is 10.2. The Morgan fingerprint density at radius 1 is 1.46 bits per heavy atom. The largest absolute Gasteiger partial charge is 0.314 e. The number of allylic oxidation sites excluding steroid dienone is 1. The normalized spacial score (nSPS) is 29.8. The summed E-state index contributed by atoms with van der Waals surface area (Å²) >= 11 is 0. The molecule has 0 saturated carbocycles. The fourth-order valence-electron chi connectivity index (χ4n) is 2.12. The topological polar surface area (TPSA) is 15.3 Å². The fraction of sp³-hybridized carbons (Fsp3) is 0.636. The molecule has 0 unspecified atom stereocenters. The Bertz CT molecular complexity index is 243. The van der Waals surface area contributed by atoms with Crippen LogP contribution in [0.1, 0.15) is 12.8 Å². The Balaban J connectivity index is 1.94. The van der Waals surface area contributed by atoms with Gasteiger partial charge in [-0.2, -0.15) is 0 Å². The van der Waals surface area contributed by atoms with Gasteiger partial charge < -0.3 is 5.32 Å². The molecule has 0 aromatic heterocycles. The number of piperazine rings is 1. The maximum Gasteiger partial charge on any atom is 0.0294 e. The summed E-state index contributed by atoms with van der Waals surface area (Å²) < 4.78 is 0. The quantitative estimate of drug-likeness (QED) is 0.589. The summed E-state index contributed by atoms with van der Waals surface area (Å²) in [4.78, 5) is 2.53. The van der Waals surface area contributed by atoms with Crippen LogP contribution in [0.4, 0.5) is 0 Å². The first-order valence-electron chi connectivity index (χ1n) is 5.02. The van der Waals surface area contributed by atoms with E-state index in [2.05, 4.69) is 22.2 Å². The molecule has 0 aromatic rings. The Labute approximate surface area is 80.0 Å². The van der Waals surface area contributed by atoms with Gasteiger partial charge in [0.15, 0.2) is 0 Å². The summed E-state index contributed by atoms with van der Waals surface area (Å²) in [5.74, 6) is 2.75. The standard InChI is InChI=1S/C11H16N2/c1-2-10-3-4-11(9-10)13-7-5-12-6-8-13/h1,9,11-12H,3-8H2/t11-/m1/s1. The van der Waals surface area contributed by atoms with E-state index in [1.165, 1.54) is 25.1 Å². The highest BCUT2D eigenvalue weighted by Gasteiger charge is 2.22. The van der Waals surface area contributed by atoms with Crippen LogP contribution in [0.5, 0.6) is 0 Å². The molecular weight excluding hydrogens is 160 g/mol. The van der Waals surface area contributed by atoms with Crippen molar-refractivity contribution in [2.45, 2.75) is 18.9 Å². The van der Waals surface area contributed by atoms with Crippen molar-refractivity contribution in [1.82, 2.24) is 10.2 Å². The third-order valence-corrected chi connectivity index (χ3v) is 2.91. The van der Waals surface area contributed by atoms with Crippen molar-refractivity contribution in [3.05, 3.63) is 11.6 Å². The molecule has 1 N–H and O–H groups in total. The summed E-state index contributed by atoms with van der Waals surface area (Å²) in [5, 5.41) is 3.36. The first-order chi connectivity index (χ1) is 6.40. The smallest absolute Gasteiger partial charge is 0.0294 e. The minimum absolute atomic E-state index is 0.619. The molecule has 0 aromatic carbocycles. The van der Waals surface area contributed by atoms with E-state index in [4.69, 9.17) is 6.42 Å². The Hall–Kier alpha value is -0.780. The lowest BCUT2D eigenvalue weighted by molar-refractivity contribution is 0.200. The van der Waals surface area contributed by atoms with Crippen molar-refractivity contribution in [3.63, 3.8) is 0 Å². The third-order valence-electron chi connectivity index (χ3n) is 2.91. The molecule has 2 rings (SSSR count). The molecule has 1 heterocycles. The van der Waals surface area contributed by atoms with Gasteiger partial charge in [-0.25, -0.2) is 0 Å². The maximum absolute atomic E-state index is 5.38. The number of rotatable bonds is 1. The van der Waals surface area contributed by atoms with Gasteiger partial charge in [-0.1, -0.05) is 12.0 Å². The number of hydrogen-bond acceptors (Lipinski definition) is 2. The Morgan fingerprint density at radius 3 is 2.85 bits per heavy atom. The van der Waals surface area contributed by atoms with Crippen LogP contribution in [0.2, 0.25) is 0 Å². The van der Waals surface area contributed by atoms with Crippen LogP contribution in [0.3, 0.4) is 0 Å². The van der Waals surface area contributed by atoms with Gasteiger partial charge in [-0.05, 0) is 18.4 Å². The number of hydrogen-bond donors (Lipinski definition) is 1. The molecule has 1 fully saturated rings. The average Bonchev–Trinajstić information content (AvgIpc) is 2.67. The van der Waals surface area contributed by atoms with Gasteiger partial charge in [0.2, 0.25) is 0 Å². The molecule has 2 aliphatic rings. The van der Waals surface area contributed by atoms with Gasteiger partial charge in [-0.15, -0.1) is 6.42 Å². The molecule has 0 spiro atoms. The summed E-state index contributed by atoms with van der Waals surface area (Å²) in [6.07, 6.45) is 9.97. The van der Waals surface area contributed by atoms with E-state index < -0.39 is 0 Å². The zero-order valence-corrected chi connectivity index (χ0v) is 7.92. The minimum atomic E-state index is 0.619. The predicted molar refractivity (Wildman–Crippen MR) is 54.4 cm³/mol. The van der Waals surface area contributed by atoms with Crippen LogP contribution >= 0.6 is 0 Å². The number of nitrogens with one attached hydrogen (secondary N) is 1. The van der Waals surface area contributed by atoms with Gasteiger partial charge in [0.25, 0.3) is 0 Å². The van der Waals surface area contributed by atoms with E-state index in [0.29, 0.717) is 6.04 Å². The van der Waals surface area contributed by atoms with Gasteiger partial charge in [0.05, 0.1) is 0 Å². The van der Waals surface area contributed by atoms with Crippen LogP contribution in [-0.4, -0.2) is 37.1 Å². The second-order valence-corrected chi connectivity index (χ2v) is 3.73. The fourth-order valence-corrected chi connectivity index (χ4v) is 2.12. The Morgan fingerprint density at radius 2 is 2.23 bits per heavy atom. The molecule has 1 aliphatic carbocycles. The first-order valence-corrected chi connectivity index (χ1v) is 5.02. The summed E-state index contributed by atoms with van der Waals surface area (Å²) in [6.45, 7) is 4.57. The average molecular weight is 176 g/mol. The van der Waals surface area contributed by atoms with Crippen molar-refractivity contribution < 1.29 is 0 Å². The maximum atomic E-state index is 5.38. The van der Waals surface area contributed by atoms with Crippen LogP contribution in [0, 0.1) is 12.3 Å². The van der Waals surface area contributed by atoms with Crippen LogP contribution in [0.15, 0.2) is 11.6 Å². The van der Waals surface area contributed by atoms with Gasteiger partial charge >= 0.3 is 0 Å². The van der Waals surface area contributed by atoms with Crippen LogP contribution < -0.4 is 5.32 Å². The van der Waals surface area contributed by atoms with Crippen molar-refractivity contribution in [3.8, 4) is 12.3 Å². The second-order valence-electron chi connectivity index (χ2n) is 3.73. The van der Waals surface area contributed by atoms with Crippen molar-refractivity contribution >= 4 is 0 Å². The van der Waals surface area contributed by atoms with E-state index in [9.17, 15) is 0 Å². The van der Waals surface area contributed by atoms with Crippen molar-refractivity contribution in [2.75, 3.05) is 26.2 Å². The lowest BCUT2D eigenvalue weighted by Gasteiger charge is -2.31. The molecule has 2 nitrogen and oxygen atoms in total. The SMILES string of the molecule is C#CC1=C[C@H](N2CCNCC2)CC1. The molecule has 1 atom stereocenters. The van der Waals surface area contributed by atoms with E-state index in [1.807, 2.05) is 0 Å². The van der Waals surface area contributed by atoms with E-state index >= 15 is 0 Å². The zero-order chi connectivity index (χ0) is 9.10. The second kappa shape index (κ2) is 3.95. The molecule has 2 heteroatoms. The van der Waals surface area contributed by atoms with E-state index in [1.54, 1.807) is 0 Å². The van der Waals surface area contributed by atoms with E-state index in [0.717, 1.165) is 19.5 Å². The monoisotopic (exact) mass is 176 g/mol. The molecule has 0 amide bonds. The van der Waals surface area contributed by atoms with Gasteiger partial charge in [0.1, 0.15) is 0 Å². The van der Waals surface area contributed by atoms with Crippen LogP contribution in [-0.2, 0) is 0 Å². The highest BCUT2D eigenvalue weighted by molar-refractivity contribution is 5.30. The highest BCUT2D eigenvalue weighted by atomic mass is 15.2. The molecule has 13 heavy (non-hydrogen) atoms. The molecule has 1 aliphatic heterocycles. The van der Waals surface area contributed by atoms with Crippen LogP contribution in [0.25, 0.3) is 0 Å². The Kier molecular flexibility index (Phi) is 2.68. The van der Waals surface area contributed by atoms with Crippen molar-refractivity contribution in [2.24, 2.45) is 0 Å². The summed E-state index contributed by atoms with van der Waals surface area (Å²) in [7, 11) is 0. The summed E-state index contributed by atoms with van der Waals surface area (Å²) in [5.41, 5.74) is 1.20. The van der Waals surface area contributed by atoms with Crippen molar-refractivity contribution in [1.29, 1.82) is 0 Å². The third kappa shape index (κ3) is 1.93. The number of nitrogens with zero attached hydrogens (tertiary/aromatic N) is 1. The molecule has 1 saturated heterocycles. The predicted octanol–water partition coefficient (Wildman–Crippen LogP) is 0.614. The zero-order valence-electron chi connectivity index (χ0n) is 7.92. The van der Waals surface area contributed by atoms with E-state index in [-0.39, 0.29) is 0 Å². The molecule has 0 bridgehead atoms. The summed E-state index contributed by atoms with van der Waals surface area (Å²) in [6, 6.07) is 0.619. The number of terminal acetylenes is 1. The molecule has 0 radical (unpaired) electrons. The van der Waals surface area contributed by atoms with Gasteiger partial charge in [-0.3, -0.25) is 4.90 Å². The molecular formula is C11H16N2. The first kappa shape index (κ1) is 8.80. The van der Waals surface area contributed by atoms with Gasteiger partial charge in [0, 0.05) is 32.2 Å².